The van der Waals surface area contributed by atoms with Crippen LogP contribution in [0.3, 0.4) is 0 Å². The molecule has 4 heteroatoms. The van der Waals surface area contributed by atoms with Gasteiger partial charge in [-0.05, 0) is 43.7 Å². The third-order valence-electron chi connectivity index (χ3n) is 5.76. The molecule has 2 aliphatic heterocycles. The van der Waals surface area contributed by atoms with Crippen molar-refractivity contribution in [2.24, 2.45) is 11.8 Å². The Bertz CT molecular complexity index is 758. The highest BCUT2D eigenvalue weighted by molar-refractivity contribution is 7.98. The van der Waals surface area contributed by atoms with E-state index in [1.54, 1.807) is 11.8 Å². The van der Waals surface area contributed by atoms with Crippen LogP contribution in [0.4, 0.5) is 0 Å². The Hall–Kier alpha value is -1.39. The number of benzene rings is 1. The second kappa shape index (κ2) is 5.30. The number of carbonyl (C=O) groups is 2. The molecule has 1 aliphatic carbocycles. The zero-order valence-electron chi connectivity index (χ0n) is 14.5. The second-order valence-electron chi connectivity index (χ2n) is 7.38. The van der Waals surface area contributed by atoms with Gasteiger partial charge in [0.25, 0.3) is 0 Å². The van der Waals surface area contributed by atoms with Gasteiger partial charge in [-0.2, -0.15) is 11.8 Å². The van der Waals surface area contributed by atoms with Crippen LogP contribution >= 0.6 is 11.8 Å². The summed E-state index contributed by atoms with van der Waals surface area (Å²) in [4.78, 5) is 26.5. The first-order chi connectivity index (χ1) is 11.4. The van der Waals surface area contributed by atoms with Gasteiger partial charge in [-0.3, -0.25) is 9.59 Å². The van der Waals surface area contributed by atoms with Crippen molar-refractivity contribution >= 4 is 23.3 Å². The van der Waals surface area contributed by atoms with Crippen molar-refractivity contribution in [2.45, 2.75) is 38.4 Å². The number of hydrogen-bond donors (Lipinski definition) is 0. The highest BCUT2D eigenvalue weighted by Gasteiger charge is 2.67. The molecule has 0 radical (unpaired) electrons. The Kier molecular flexibility index (Phi) is 3.56. The third kappa shape index (κ3) is 1.96. The van der Waals surface area contributed by atoms with E-state index in [0.717, 1.165) is 28.0 Å². The van der Waals surface area contributed by atoms with Gasteiger partial charge in [-0.1, -0.05) is 29.8 Å². The molecule has 0 spiro atoms. The minimum absolute atomic E-state index is 0.0531. The summed E-state index contributed by atoms with van der Waals surface area (Å²) in [6.07, 6.45) is 5.80. The summed E-state index contributed by atoms with van der Waals surface area (Å²) in [5.41, 5.74) is 3.58. The zero-order chi connectivity index (χ0) is 17.2. The molecule has 0 amide bonds. The van der Waals surface area contributed by atoms with Crippen LogP contribution < -0.4 is 0 Å². The molecule has 2 fully saturated rings. The van der Waals surface area contributed by atoms with Gasteiger partial charge in [0.1, 0.15) is 11.5 Å². The fourth-order valence-electron chi connectivity index (χ4n) is 5.04. The van der Waals surface area contributed by atoms with Crippen molar-refractivity contribution in [3.63, 3.8) is 0 Å². The van der Waals surface area contributed by atoms with Gasteiger partial charge in [0.15, 0.2) is 11.6 Å². The monoisotopic (exact) mass is 342 g/mol. The third-order valence-corrected chi connectivity index (χ3v) is 6.50. The highest BCUT2D eigenvalue weighted by Crippen LogP contribution is 2.56. The molecule has 1 saturated heterocycles. The van der Waals surface area contributed by atoms with Crippen LogP contribution in [-0.4, -0.2) is 35.3 Å². The fraction of sp³-hybridized carbons (Fsp3) is 0.500. The van der Waals surface area contributed by atoms with Crippen LogP contribution in [0, 0.1) is 32.6 Å². The first-order valence-electron chi connectivity index (χ1n) is 8.41. The smallest absolute Gasteiger partial charge is 0.154 e. The molecule has 126 valence electrons. The zero-order valence-corrected chi connectivity index (χ0v) is 15.3. The molecule has 1 aromatic rings. The number of thioether (sulfide) groups is 1. The summed E-state index contributed by atoms with van der Waals surface area (Å²) in [6, 6.07) is 4.13. The Morgan fingerprint density at radius 3 is 2.42 bits per heavy atom. The minimum Gasteiger partial charge on any atom is -0.361 e. The van der Waals surface area contributed by atoms with Crippen molar-refractivity contribution < 1.29 is 14.3 Å². The summed E-state index contributed by atoms with van der Waals surface area (Å²) in [5.74, 6) is -0.414. The molecular formula is C20H22O3S. The molecule has 1 unspecified atom stereocenters. The van der Waals surface area contributed by atoms with Gasteiger partial charge in [0, 0.05) is 5.75 Å². The van der Waals surface area contributed by atoms with Crippen molar-refractivity contribution in [3.05, 3.63) is 46.5 Å². The van der Waals surface area contributed by atoms with Crippen molar-refractivity contribution in [1.82, 2.24) is 0 Å². The van der Waals surface area contributed by atoms with E-state index in [9.17, 15) is 9.59 Å². The predicted molar refractivity (Wildman–Crippen MR) is 95.5 cm³/mol. The summed E-state index contributed by atoms with van der Waals surface area (Å²) in [7, 11) is 0. The van der Waals surface area contributed by atoms with E-state index in [4.69, 9.17) is 4.74 Å². The van der Waals surface area contributed by atoms with E-state index in [1.165, 1.54) is 0 Å². The van der Waals surface area contributed by atoms with Crippen molar-refractivity contribution in [2.75, 3.05) is 12.0 Å². The highest BCUT2D eigenvalue weighted by atomic mass is 32.2. The number of ether oxygens (including phenoxy) is 1. The molecular weight excluding hydrogens is 320 g/mol. The first kappa shape index (κ1) is 16.1. The van der Waals surface area contributed by atoms with Crippen LogP contribution in [0.1, 0.15) is 28.2 Å². The number of Topliss-reactive ketones (excluding diaryl/α,β-unsaturated/α-hetero) is 2. The largest absolute Gasteiger partial charge is 0.361 e. The molecule has 5 atom stereocenters. The van der Waals surface area contributed by atoms with E-state index in [-0.39, 0.29) is 29.5 Å². The first-order valence-corrected chi connectivity index (χ1v) is 9.80. The van der Waals surface area contributed by atoms with Crippen LogP contribution in [0.15, 0.2) is 24.3 Å². The van der Waals surface area contributed by atoms with Gasteiger partial charge in [0.2, 0.25) is 0 Å². The van der Waals surface area contributed by atoms with Crippen LogP contribution in [-0.2, 0) is 14.3 Å². The maximum absolute atomic E-state index is 13.3. The molecule has 24 heavy (non-hydrogen) atoms. The van der Waals surface area contributed by atoms with E-state index in [2.05, 4.69) is 12.1 Å². The quantitative estimate of drug-likeness (QED) is 0.625. The maximum Gasteiger partial charge on any atom is 0.154 e. The molecule has 4 rings (SSSR count). The average Bonchev–Trinajstić information content (AvgIpc) is 3.12. The van der Waals surface area contributed by atoms with Gasteiger partial charge in [0.05, 0.1) is 17.9 Å². The molecule has 3 aliphatic rings. The molecule has 0 N–H and O–H groups in total. The van der Waals surface area contributed by atoms with E-state index < -0.39 is 11.5 Å². The lowest BCUT2D eigenvalue weighted by atomic mass is 9.78. The van der Waals surface area contributed by atoms with E-state index in [0.29, 0.717) is 0 Å². The standard InChI is InChI=1S/C20H22O3S/c1-10-7-11(2)14(12(3)8-10)16-18(21)15-13-5-6-20(23-13,9-24-4)17(15)19(16)22/h5-8,13,15-17H,9H2,1-4H3/t13-,15-,16?,17+,20-/m0/s1. The average molecular weight is 342 g/mol. The molecule has 1 saturated carbocycles. The van der Waals surface area contributed by atoms with Crippen molar-refractivity contribution in [3.8, 4) is 0 Å². The predicted octanol–water partition coefficient (Wildman–Crippen LogP) is 3.15. The molecule has 3 nitrogen and oxygen atoms in total. The number of aryl methyl sites for hydroxylation is 3. The lowest BCUT2D eigenvalue weighted by molar-refractivity contribution is -0.128. The summed E-state index contributed by atoms with van der Waals surface area (Å²) >= 11 is 1.67. The topological polar surface area (TPSA) is 43.4 Å². The number of carbonyl (C=O) groups excluding carboxylic acids is 2. The minimum atomic E-state index is -0.617. The SMILES string of the molecule is CSC[C@]12C=C[C@H](O1)[C@@H]1C(=O)C(c3c(C)cc(C)cc3C)C(=O)[C@@H]12. The molecule has 2 bridgehead atoms. The van der Waals surface area contributed by atoms with Crippen LogP contribution in [0.2, 0.25) is 0 Å². The maximum atomic E-state index is 13.3. The van der Waals surface area contributed by atoms with Gasteiger partial charge < -0.3 is 4.74 Å². The van der Waals surface area contributed by atoms with E-state index in [1.807, 2.05) is 39.2 Å². The number of hydrogen-bond acceptors (Lipinski definition) is 4. The van der Waals surface area contributed by atoms with Gasteiger partial charge in [-0.15, -0.1) is 0 Å². The number of rotatable bonds is 3. The molecule has 0 aromatic heterocycles. The summed E-state index contributed by atoms with van der Waals surface area (Å²) < 4.78 is 6.10. The molecule has 1 aromatic carbocycles. The fourth-order valence-corrected chi connectivity index (χ4v) is 5.83. The van der Waals surface area contributed by atoms with E-state index >= 15 is 0 Å². The van der Waals surface area contributed by atoms with Crippen LogP contribution in [0.25, 0.3) is 0 Å². The van der Waals surface area contributed by atoms with Crippen LogP contribution in [0.5, 0.6) is 0 Å². The Labute approximate surface area is 146 Å². The normalized spacial score (nSPS) is 36.7. The van der Waals surface area contributed by atoms with Crippen molar-refractivity contribution in [1.29, 1.82) is 0 Å². The second-order valence-corrected chi connectivity index (χ2v) is 8.25. The molecule has 2 heterocycles. The lowest BCUT2D eigenvalue weighted by Gasteiger charge is -2.28. The summed E-state index contributed by atoms with van der Waals surface area (Å²) in [6.45, 7) is 6.05. The number of ketones is 2. The summed E-state index contributed by atoms with van der Waals surface area (Å²) in [5, 5.41) is 0. The van der Waals surface area contributed by atoms with Gasteiger partial charge in [-0.25, -0.2) is 0 Å². The Balaban J connectivity index is 1.80. The Morgan fingerprint density at radius 2 is 1.79 bits per heavy atom. The van der Waals surface area contributed by atoms with Gasteiger partial charge >= 0.3 is 0 Å². The number of fused-ring (bicyclic) bond motifs is 5. The Morgan fingerprint density at radius 1 is 1.12 bits per heavy atom. The lowest BCUT2D eigenvalue weighted by Crippen LogP contribution is -2.40.